The molecule has 0 aliphatic carbocycles. The van der Waals surface area contributed by atoms with Gasteiger partial charge in [0, 0.05) is 11.8 Å². The fourth-order valence-corrected chi connectivity index (χ4v) is 2.70. The highest BCUT2D eigenvalue weighted by Gasteiger charge is 2.14. The highest BCUT2D eigenvalue weighted by atomic mass is 16.5. The minimum Gasteiger partial charge on any atom is -0.497 e. The topological polar surface area (TPSA) is 94.6 Å². The Hall–Kier alpha value is -3.81. The van der Waals surface area contributed by atoms with Crippen LogP contribution < -0.4 is 24.8 Å². The molecule has 3 aromatic rings. The van der Waals surface area contributed by atoms with Crippen molar-refractivity contribution in [2.24, 2.45) is 0 Å². The first-order valence-electron chi connectivity index (χ1n) is 8.83. The number of hydrogen-bond donors (Lipinski definition) is 2. The van der Waals surface area contributed by atoms with Gasteiger partial charge in [0.2, 0.25) is 5.95 Å². The van der Waals surface area contributed by atoms with Crippen molar-refractivity contribution >= 4 is 23.2 Å². The molecular formula is C21H22N4O4. The van der Waals surface area contributed by atoms with Gasteiger partial charge in [-0.05, 0) is 37.3 Å². The molecule has 0 bridgehead atoms. The third-order valence-corrected chi connectivity index (χ3v) is 4.10. The number of amides is 1. The van der Waals surface area contributed by atoms with Gasteiger partial charge in [-0.3, -0.25) is 4.79 Å². The lowest BCUT2D eigenvalue weighted by Crippen LogP contribution is -2.16. The van der Waals surface area contributed by atoms with E-state index in [4.69, 9.17) is 14.2 Å². The highest BCUT2D eigenvalue weighted by Crippen LogP contribution is 2.31. The van der Waals surface area contributed by atoms with E-state index in [1.54, 1.807) is 64.7 Å². The number of aromatic nitrogens is 2. The fraction of sp³-hybridized carbons (Fsp3) is 0.190. The number of para-hydroxylation sites is 2. The SMILES string of the molecule is COc1ccc(Nc2nc(C)cc(C(=O)Nc3ccccc3OC)n2)c(OC)c1. The van der Waals surface area contributed by atoms with Gasteiger partial charge in [0.25, 0.3) is 5.91 Å². The summed E-state index contributed by atoms with van der Waals surface area (Å²) in [7, 11) is 4.69. The summed E-state index contributed by atoms with van der Waals surface area (Å²) < 4.78 is 15.9. The quantitative estimate of drug-likeness (QED) is 0.629. The second-order valence-electron chi connectivity index (χ2n) is 6.06. The van der Waals surface area contributed by atoms with E-state index in [1.165, 1.54) is 0 Å². The van der Waals surface area contributed by atoms with Crippen molar-refractivity contribution in [3.63, 3.8) is 0 Å². The van der Waals surface area contributed by atoms with Crippen LogP contribution in [0.5, 0.6) is 17.2 Å². The zero-order valence-corrected chi connectivity index (χ0v) is 16.6. The number of anilines is 3. The molecule has 8 nitrogen and oxygen atoms in total. The van der Waals surface area contributed by atoms with Crippen LogP contribution in [-0.4, -0.2) is 37.2 Å². The van der Waals surface area contributed by atoms with E-state index in [1.807, 2.05) is 12.1 Å². The lowest BCUT2D eigenvalue weighted by atomic mass is 10.2. The van der Waals surface area contributed by atoms with Gasteiger partial charge < -0.3 is 24.8 Å². The number of carbonyl (C=O) groups excluding carboxylic acids is 1. The number of rotatable bonds is 7. The van der Waals surface area contributed by atoms with Gasteiger partial charge in [0.15, 0.2) is 0 Å². The molecule has 2 N–H and O–H groups in total. The minimum absolute atomic E-state index is 0.221. The maximum Gasteiger partial charge on any atom is 0.274 e. The summed E-state index contributed by atoms with van der Waals surface area (Å²) in [5, 5.41) is 5.90. The van der Waals surface area contributed by atoms with Crippen molar-refractivity contribution < 1.29 is 19.0 Å². The van der Waals surface area contributed by atoms with E-state index in [-0.39, 0.29) is 17.5 Å². The zero-order valence-electron chi connectivity index (χ0n) is 16.6. The van der Waals surface area contributed by atoms with Gasteiger partial charge >= 0.3 is 0 Å². The number of nitrogens with zero attached hydrogens (tertiary/aromatic N) is 2. The molecule has 1 aromatic heterocycles. The fourth-order valence-electron chi connectivity index (χ4n) is 2.70. The van der Waals surface area contributed by atoms with E-state index in [0.717, 1.165) is 0 Å². The van der Waals surface area contributed by atoms with E-state index in [0.29, 0.717) is 34.3 Å². The summed E-state index contributed by atoms with van der Waals surface area (Å²) in [6.45, 7) is 1.79. The molecule has 0 spiro atoms. The lowest BCUT2D eigenvalue weighted by molar-refractivity contribution is 0.102. The molecule has 0 saturated heterocycles. The number of benzene rings is 2. The molecule has 0 fully saturated rings. The normalized spacial score (nSPS) is 10.2. The van der Waals surface area contributed by atoms with E-state index >= 15 is 0 Å². The van der Waals surface area contributed by atoms with Crippen LogP contribution in [-0.2, 0) is 0 Å². The van der Waals surface area contributed by atoms with Crippen molar-refractivity contribution in [2.75, 3.05) is 32.0 Å². The number of carbonyl (C=O) groups is 1. The molecule has 0 atom stereocenters. The first kappa shape index (κ1) is 19.9. The van der Waals surface area contributed by atoms with Crippen LogP contribution in [0.3, 0.4) is 0 Å². The van der Waals surface area contributed by atoms with E-state index in [2.05, 4.69) is 20.6 Å². The van der Waals surface area contributed by atoms with E-state index in [9.17, 15) is 4.79 Å². The van der Waals surface area contributed by atoms with Crippen molar-refractivity contribution in [2.45, 2.75) is 6.92 Å². The summed E-state index contributed by atoms with van der Waals surface area (Å²) in [6.07, 6.45) is 0. The third-order valence-electron chi connectivity index (χ3n) is 4.10. The van der Waals surface area contributed by atoms with E-state index < -0.39 is 0 Å². The largest absolute Gasteiger partial charge is 0.497 e. The van der Waals surface area contributed by atoms with Gasteiger partial charge in [-0.15, -0.1) is 0 Å². The Morgan fingerprint density at radius 3 is 2.34 bits per heavy atom. The minimum atomic E-state index is -0.371. The molecule has 8 heteroatoms. The van der Waals surface area contributed by atoms with Gasteiger partial charge in [0.05, 0.1) is 32.7 Å². The summed E-state index contributed by atoms with van der Waals surface area (Å²) in [6, 6.07) is 14.1. The maximum absolute atomic E-state index is 12.7. The van der Waals surface area contributed by atoms with Crippen LogP contribution in [0, 0.1) is 6.92 Å². The van der Waals surface area contributed by atoms with Gasteiger partial charge in [0.1, 0.15) is 22.9 Å². The molecule has 0 saturated carbocycles. The van der Waals surface area contributed by atoms with Crippen LogP contribution in [0.1, 0.15) is 16.2 Å². The summed E-state index contributed by atoms with van der Waals surface area (Å²) in [5.74, 6) is 1.69. The van der Waals surface area contributed by atoms with Gasteiger partial charge in [-0.2, -0.15) is 0 Å². The van der Waals surface area contributed by atoms with Gasteiger partial charge in [-0.25, -0.2) is 9.97 Å². The Morgan fingerprint density at radius 2 is 1.62 bits per heavy atom. The third kappa shape index (κ3) is 4.73. The average Bonchev–Trinajstić information content (AvgIpc) is 2.74. The monoisotopic (exact) mass is 394 g/mol. The number of nitrogens with one attached hydrogen (secondary N) is 2. The molecule has 1 amide bonds. The second kappa shape index (κ2) is 8.92. The molecular weight excluding hydrogens is 372 g/mol. The second-order valence-corrected chi connectivity index (χ2v) is 6.06. The van der Waals surface area contributed by atoms with Crippen LogP contribution in [0.4, 0.5) is 17.3 Å². The number of hydrogen-bond acceptors (Lipinski definition) is 7. The molecule has 29 heavy (non-hydrogen) atoms. The predicted octanol–water partition coefficient (Wildman–Crippen LogP) is 3.81. The molecule has 1 heterocycles. The first-order valence-corrected chi connectivity index (χ1v) is 8.83. The Balaban J connectivity index is 1.86. The van der Waals surface area contributed by atoms with Crippen LogP contribution in [0.25, 0.3) is 0 Å². The summed E-state index contributed by atoms with van der Waals surface area (Å²) in [4.78, 5) is 21.4. The maximum atomic E-state index is 12.7. The molecule has 2 aromatic carbocycles. The molecule has 0 aliphatic rings. The summed E-state index contributed by atoms with van der Waals surface area (Å²) >= 11 is 0. The highest BCUT2D eigenvalue weighted by molar-refractivity contribution is 6.03. The number of methoxy groups -OCH3 is 3. The summed E-state index contributed by atoms with van der Waals surface area (Å²) in [5.41, 5.74) is 2.07. The van der Waals surface area contributed by atoms with Crippen LogP contribution in [0.15, 0.2) is 48.5 Å². The first-order chi connectivity index (χ1) is 14.0. The predicted molar refractivity (Wildman–Crippen MR) is 111 cm³/mol. The van der Waals surface area contributed by atoms with Crippen molar-refractivity contribution in [1.82, 2.24) is 9.97 Å². The molecule has 150 valence electrons. The van der Waals surface area contributed by atoms with Crippen molar-refractivity contribution in [3.8, 4) is 17.2 Å². The van der Waals surface area contributed by atoms with Crippen LogP contribution in [0.2, 0.25) is 0 Å². The molecule has 0 radical (unpaired) electrons. The van der Waals surface area contributed by atoms with Crippen molar-refractivity contribution in [3.05, 3.63) is 59.9 Å². The molecule has 0 aliphatic heterocycles. The number of ether oxygens (including phenoxy) is 3. The Bertz CT molecular complexity index is 1020. The standard InChI is InChI=1S/C21H22N4O4/c1-13-11-17(20(26)23-15-7-5-6-8-18(15)28-3)25-21(22-13)24-16-10-9-14(27-2)12-19(16)29-4/h5-12H,1-4H3,(H,23,26)(H,22,24,25). The lowest BCUT2D eigenvalue weighted by Gasteiger charge is -2.13. The Labute approximate surface area is 168 Å². The number of aryl methyl sites for hydroxylation is 1. The Morgan fingerprint density at radius 1 is 0.862 bits per heavy atom. The molecule has 3 rings (SSSR count). The average molecular weight is 394 g/mol. The smallest absolute Gasteiger partial charge is 0.274 e. The van der Waals surface area contributed by atoms with Crippen LogP contribution >= 0.6 is 0 Å². The van der Waals surface area contributed by atoms with Crippen molar-refractivity contribution in [1.29, 1.82) is 0 Å². The zero-order chi connectivity index (χ0) is 20.8. The Kier molecular flexibility index (Phi) is 6.13. The molecule has 0 unspecified atom stereocenters. The van der Waals surface area contributed by atoms with Gasteiger partial charge in [-0.1, -0.05) is 12.1 Å².